The Morgan fingerprint density at radius 3 is 2.74 bits per heavy atom. The lowest BCUT2D eigenvalue weighted by Crippen LogP contribution is -2.45. The van der Waals surface area contributed by atoms with E-state index >= 15 is 0 Å². The Bertz CT molecular complexity index is 616. The molecule has 0 aliphatic carbocycles. The van der Waals surface area contributed by atoms with Crippen molar-refractivity contribution >= 4 is 17.9 Å². The van der Waals surface area contributed by atoms with Gasteiger partial charge in [0.15, 0.2) is 0 Å². The molecule has 2 saturated heterocycles. The zero-order chi connectivity index (χ0) is 16.4. The molecular weight excluding hydrogens is 296 g/mol. The van der Waals surface area contributed by atoms with Gasteiger partial charge >= 0.3 is 6.09 Å². The van der Waals surface area contributed by atoms with Gasteiger partial charge in [0.2, 0.25) is 11.8 Å². The summed E-state index contributed by atoms with van der Waals surface area (Å²) < 4.78 is 5.09. The van der Waals surface area contributed by atoms with Gasteiger partial charge in [-0.15, -0.1) is 0 Å². The summed E-state index contributed by atoms with van der Waals surface area (Å²) in [6, 6.07) is 9.37. The van der Waals surface area contributed by atoms with Crippen LogP contribution in [0.3, 0.4) is 0 Å². The third-order valence-corrected chi connectivity index (χ3v) is 4.59. The van der Waals surface area contributed by atoms with Crippen molar-refractivity contribution in [2.45, 2.75) is 25.8 Å². The van der Waals surface area contributed by atoms with Gasteiger partial charge in [-0.05, 0) is 18.4 Å². The Balaban J connectivity index is 1.77. The van der Waals surface area contributed by atoms with Crippen LogP contribution in [0.5, 0.6) is 0 Å². The van der Waals surface area contributed by atoms with E-state index in [0.29, 0.717) is 12.8 Å². The van der Waals surface area contributed by atoms with E-state index in [4.69, 9.17) is 4.74 Å². The van der Waals surface area contributed by atoms with Crippen molar-refractivity contribution in [1.29, 1.82) is 0 Å². The Labute approximate surface area is 134 Å². The fraction of sp³-hybridized carbons (Fsp3) is 0.471. The van der Waals surface area contributed by atoms with Crippen molar-refractivity contribution in [2.24, 2.45) is 11.8 Å². The summed E-state index contributed by atoms with van der Waals surface area (Å²) in [7, 11) is 0. The molecule has 0 unspecified atom stereocenters. The maximum Gasteiger partial charge on any atom is 0.416 e. The average molecular weight is 316 g/mol. The fourth-order valence-corrected chi connectivity index (χ4v) is 3.34. The van der Waals surface area contributed by atoms with Gasteiger partial charge in [-0.3, -0.25) is 9.59 Å². The van der Waals surface area contributed by atoms with Crippen LogP contribution in [0.15, 0.2) is 30.3 Å². The maximum atomic E-state index is 12.8. The van der Waals surface area contributed by atoms with Gasteiger partial charge in [0.1, 0.15) is 6.61 Å². The van der Waals surface area contributed by atoms with E-state index in [1.807, 2.05) is 37.3 Å². The molecule has 3 atom stereocenters. The van der Waals surface area contributed by atoms with Crippen LogP contribution in [0.4, 0.5) is 4.79 Å². The number of benzene rings is 1. The van der Waals surface area contributed by atoms with Crippen LogP contribution >= 0.6 is 0 Å². The predicted octanol–water partition coefficient (Wildman–Crippen LogP) is 1.35. The predicted molar refractivity (Wildman–Crippen MR) is 82.4 cm³/mol. The number of nitrogens with one attached hydrogen (secondary N) is 1. The lowest BCUT2D eigenvalue weighted by atomic mass is 9.91. The molecule has 2 aliphatic rings. The first kappa shape index (κ1) is 15.5. The average Bonchev–Trinajstić information content (AvgIpc) is 3.10. The minimum Gasteiger partial charge on any atom is -0.447 e. The van der Waals surface area contributed by atoms with Crippen molar-refractivity contribution in [2.75, 3.05) is 13.2 Å². The number of ether oxygens (including phenoxy) is 1. The van der Waals surface area contributed by atoms with Crippen LogP contribution in [0.1, 0.15) is 18.9 Å². The molecule has 0 spiro atoms. The quantitative estimate of drug-likeness (QED) is 0.910. The summed E-state index contributed by atoms with van der Waals surface area (Å²) in [4.78, 5) is 37.8. The van der Waals surface area contributed by atoms with Crippen molar-refractivity contribution < 1.29 is 19.1 Å². The van der Waals surface area contributed by atoms with Crippen molar-refractivity contribution in [1.82, 2.24) is 10.2 Å². The first-order valence-corrected chi connectivity index (χ1v) is 7.93. The van der Waals surface area contributed by atoms with Crippen LogP contribution in [-0.2, 0) is 20.7 Å². The lowest BCUT2D eigenvalue weighted by molar-refractivity contribution is -0.136. The normalized spacial score (nSPS) is 27.0. The van der Waals surface area contributed by atoms with Gasteiger partial charge in [-0.25, -0.2) is 9.69 Å². The molecular formula is C17H20N2O4. The number of hydrogen-bond donors (Lipinski definition) is 1. The number of amides is 3. The molecule has 1 aromatic carbocycles. The zero-order valence-electron chi connectivity index (χ0n) is 13.0. The second kappa shape index (κ2) is 6.40. The van der Waals surface area contributed by atoms with E-state index in [-0.39, 0.29) is 36.9 Å². The smallest absolute Gasteiger partial charge is 0.416 e. The molecule has 1 aromatic rings. The third-order valence-electron chi connectivity index (χ3n) is 4.59. The highest BCUT2D eigenvalue weighted by Crippen LogP contribution is 2.27. The Morgan fingerprint density at radius 2 is 2.04 bits per heavy atom. The second-order valence-corrected chi connectivity index (χ2v) is 6.00. The van der Waals surface area contributed by atoms with Crippen molar-refractivity contribution in [3.05, 3.63) is 35.9 Å². The van der Waals surface area contributed by atoms with Gasteiger partial charge in [0.05, 0.1) is 17.9 Å². The molecule has 6 nitrogen and oxygen atoms in total. The molecule has 2 aliphatic heterocycles. The molecule has 23 heavy (non-hydrogen) atoms. The van der Waals surface area contributed by atoms with Crippen molar-refractivity contribution in [3.8, 4) is 0 Å². The largest absolute Gasteiger partial charge is 0.447 e. The fourth-order valence-electron chi connectivity index (χ4n) is 3.34. The lowest BCUT2D eigenvalue weighted by Gasteiger charge is -2.24. The van der Waals surface area contributed by atoms with Crippen LogP contribution in [0.2, 0.25) is 0 Å². The second-order valence-electron chi connectivity index (χ2n) is 6.00. The molecule has 2 fully saturated rings. The molecule has 0 aromatic heterocycles. The van der Waals surface area contributed by atoms with Gasteiger partial charge in [-0.2, -0.15) is 0 Å². The SMILES string of the molecule is CC[C@H]1C(=O)NC[C@@H]1C(=O)N1C(=O)OC[C@H]1Cc1ccccc1. The monoisotopic (exact) mass is 316 g/mol. The van der Waals surface area contributed by atoms with E-state index < -0.39 is 12.0 Å². The number of rotatable bonds is 4. The molecule has 0 bridgehead atoms. The highest BCUT2D eigenvalue weighted by atomic mass is 16.6. The molecule has 122 valence electrons. The number of carbonyl (C=O) groups is 3. The Hall–Kier alpha value is -2.37. The minimum atomic E-state index is -0.606. The van der Waals surface area contributed by atoms with Crippen molar-refractivity contribution in [3.63, 3.8) is 0 Å². The van der Waals surface area contributed by atoms with E-state index in [1.54, 1.807) is 0 Å². The van der Waals surface area contributed by atoms with Crippen LogP contribution < -0.4 is 5.32 Å². The standard InChI is InChI=1S/C17H20N2O4/c1-2-13-14(9-18-15(13)20)16(21)19-12(10-23-17(19)22)8-11-6-4-3-5-7-11/h3-7,12-14H,2,8-10H2,1H3,(H,18,20)/t12-,13-,14+/m1/s1. The summed E-state index contributed by atoms with van der Waals surface area (Å²) in [6.45, 7) is 2.36. The number of nitrogens with zero attached hydrogens (tertiary/aromatic N) is 1. The summed E-state index contributed by atoms with van der Waals surface area (Å²) in [6.07, 6.45) is 0.530. The molecule has 0 saturated carbocycles. The van der Waals surface area contributed by atoms with Crippen LogP contribution in [-0.4, -0.2) is 42.0 Å². The van der Waals surface area contributed by atoms with Gasteiger partial charge in [0.25, 0.3) is 0 Å². The topological polar surface area (TPSA) is 75.7 Å². The number of carbonyl (C=O) groups excluding carboxylic acids is 3. The Morgan fingerprint density at radius 1 is 1.30 bits per heavy atom. The summed E-state index contributed by atoms with van der Waals surface area (Å²) in [5.74, 6) is -1.28. The number of cyclic esters (lactones) is 1. The first-order chi connectivity index (χ1) is 11.1. The van der Waals surface area contributed by atoms with Gasteiger partial charge in [-0.1, -0.05) is 37.3 Å². The summed E-state index contributed by atoms with van der Waals surface area (Å²) in [5, 5.41) is 2.72. The summed E-state index contributed by atoms with van der Waals surface area (Å²) >= 11 is 0. The first-order valence-electron chi connectivity index (χ1n) is 7.93. The van der Waals surface area contributed by atoms with E-state index in [9.17, 15) is 14.4 Å². The van der Waals surface area contributed by atoms with Crippen LogP contribution in [0, 0.1) is 11.8 Å². The van der Waals surface area contributed by atoms with Gasteiger partial charge < -0.3 is 10.1 Å². The summed E-state index contributed by atoms with van der Waals surface area (Å²) in [5.41, 5.74) is 1.04. The number of imide groups is 1. The molecule has 6 heteroatoms. The zero-order valence-corrected chi connectivity index (χ0v) is 13.0. The highest BCUT2D eigenvalue weighted by molar-refractivity contribution is 5.98. The minimum absolute atomic E-state index is 0.113. The van der Waals surface area contributed by atoms with E-state index in [1.165, 1.54) is 4.90 Å². The van der Waals surface area contributed by atoms with E-state index in [0.717, 1.165) is 5.56 Å². The van der Waals surface area contributed by atoms with E-state index in [2.05, 4.69) is 5.32 Å². The maximum absolute atomic E-state index is 12.8. The molecule has 1 N–H and O–H groups in total. The Kier molecular flexibility index (Phi) is 4.32. The number of hydrogen-bond acceptors (Lipinski definition) is 4. The van der Waals surface area contributed by atoms with Crippen LogP contribution in [0.25, 0.3) is 0 Å². The molecule has 2 heterocycles. The molecule has 3 rings (SSSR count). The molecule has 3 amide bonds. The molecule has 0 radical (unpaired) electrons. The van der Waals surface area contributed by atoms with Gasteiger partial charge in [0, 0.05) is 6.54 Å². The third kappa shape index (κ3) is 2.93. The highest BCUT2D eigenvalue weighted by Gasteiger charge is 2.46.